The van der Waals surface area contributed by atoms with Crippen LogP contribution in [0, 0.1) is 6.92 Å². The van der Waals surface area contributed by atoms with Crippen molar-refractivity contribution in [3.63, 3.8) is 0 Å². The van der Waals surface area contributed by atoms with Gasteiger partial charge in [-0.05, 0) is 48.9 Å². The van der Waals surface area contributed by atoms with E-state index >= 15 is 0 Å². The largest absolute Gasteiger partial charge is 0.389 e. The molecule has 4 rings (SSSR count). The Balaban J connectivity index is 1.66. The Hall–Kier alpha value is -2.92. The highest BCUT2D eigenvalue weighted by atomic mass is 32.2. The lowest BCUT2D eigenvalue weighted by molar-refractivity contribution is -0.135. The van der Waals surface area contributed by atoms with E-state index in [0.717, 1.165) is 15.6 Å². The second-order valence-corrected chi connectivity index (χ2v) is 10.8. The molecule has 0 N–H and O–H groups in total. The zero-order valence-electron chi connectivity index (χ0n) is 18.3. The van der Waals surface area contributed by atoms with Crippen LogP contribution in [-0.2, 0) is 14.9 Å². The number of thiophene rings is 1. The van der Waals surface area contributed by atoms with E-state index in [4.69, 9.17) is 4.84 Å². The average Bonchev–Trinajstić information content (AvgIpc) is 3.36. The molecule has 0 saturated carbocycles. The molecule has 1 aliphatic rings. The molecule has 0 bridgehead atoms. The lowest BCUT2D eigenvalue weighted by Crippen LogP contribution is -2.32. The normalized spacial score (nSPS) is 14.4. The summed E-state index contributed by atoms with van der Waals surface area (Å²) in [5.74, 6) is 0.471. The standard InChI is InChI=1S/C23H22F3N3O3S2/c1-15-13-20(28-32-15)19-10-9-17(14-27-19)34(30,31)29(12-6-5-11-23(24,25)26)22-16(2)18-7-3-4-8-21(18)33-22/h3-4,7-10,14H,1,5-6,11-13H2,2H3. The molecule has 1 aliphatic heterocycles. The molecule has 1 aromatic carbocycles. The number of hydrogen-bond donors (Lipinski definition) is 0. The first kappa shape index (κ1) is 24.2. The number of aromatic nitrogens is 1. The maximum atomic E-state index is 13.6. The molecule has 180 valence electrons. The van der Waals surface area contributed by atoms with Gasteiger partial charge in [0.05, 0.1) is 12.1 Å². The van der Waals surface area contributed by atoms with Crippen LogP contribution in [0.4, 0.5) is 18.2 Å². The van der Waals surface area contributed by atoms with Crippen molar-refractivity contribution in [2.45, 2.75) is 43.7 Å². The molecule has 0 radical (unpaired) electrons. The van der Waals surface area contributed by atoms with E-state index in [1.54, 1.807) is 0 Å². The third-order valence-electron chi connectivity index (χ3n) is 5.39. The summed E-state index contributed by atoms with van der Waals surface area (Å²) in [6.07, 6.45) is -3.73. The van der Waals surface area contributed by atoms with E-state index in [1.807, 2.05) is 31.2 Å². The van der Waals surface area contributed by atoms with Crippen LogP contribution in [0.25, 0.3) is 10.1 Å². The number of sulfonamides is 1. The van der Waals surface area contributed by atoms with Crippen molar-refractivity contribution in [1.82, 2.24) is 4.98 Å². The smallest absolute Gasteiger partial charge is 0.361 e. The molecule has 0 amide bonds. The fraction of sp³-hybridized carbons (Fsp3) is 0.304. The van der Waals surface area contributed by atoms with Gasteiger partial charge < -0.3 is 4.84 Å². The summed E-state index contributed by atoms with van der Waals surface area (Å²) in [6.45, 7) is 5.43. The van der Waals surface area contributed by atoms with E-state index in [1.165, 1.54) is 34.0 Å². The van der Waals surface area contributed by atoms with Gasteiger partial charge in [-0.1, -0.05) is 29.9 Å². The molecule has 3 heterocycles. The van der Waals surface area contributed by atoms with Gasteiger partial charge in [0.25, 0.3) is 10.0 Å². The lowest BCUT2D eigenvalue weighted by Gasteiger charge is -2.24. The average molecular weight is 510 g/mol. The summed E-state index contributed by atoms with van der Waals surface area (Å²) in [7, 11) is -4.08. The maximum absolute atomic E-state index is 13.6. The van der Waals surface area contributed by atoms with Crippen LogP contribution in [0.2, 0.25) is 0 Å². The van der Waals surface area contributed by atoms with Crippen LogP contribution < -0.4 is 4.31 Å². The lowest BCUT2D eigenvalue weighted by atomic mass is 10.2. The highest BCUT2D eigenvalue weighted by molar-refractivity contribution is 7.93. The molecule has 3 aromatic rings. The van der Waals surface area contributed by atoms with E-state index in [2.05, 4.69) is 16.7 Å². The Morgan fingerprint density at radius 1 is 1.18 bits per heavy atom. The van der Waals surface area contributed by atoms with Crippen LogP contribution >= 0.6 is 11.3 Å². The number of pyridine rings is 1. The highest BCUT2D eigenvalue weighted by Gasteiger charge is 2.30. The number of rotatable bonds is 8. The van der Waals surface area contributed by atoms with Gasteiger partial charge in [0.1, 0.15) is 21.4 Å². The highest BCUT2D eigenvalue weighted by Crippen LogP contribution is 2.40. The van der Waals surface area contributed by atoms with E-state index in [9.17, 15) is 21.6 Å². The number of alkyl halides is 3. The summed E-state index contributed by atoms with van der Waals surface area (Å²) in [5.41, 5.74) is 1.77. The van der Waals surface area contributed by atoms with Crippen LogP contribution in [-0.4, -0.2) is 31.8 Å². The quantitative estimate of drug-likeness (QED) is 0.341. The first-order chi connectivity index (χ1) is 16.1. The second kappa shape index (κ2) is 9.38. The number of allylic oxidation sites excluding steroid dienone is 1. The van der Waals surface area contributed by atoms with Gasteiger partial charge in [-0.15, -0.1) is 11.3 Å². The van der Waals surface area contributed by atoms with Gasteiger partial charge in [-0.2, -0.15) is 13.2 Å². The predicted octanol–water partition coefficient (Wildman–Crippen LogP) is 6.17. The summed E-state index contributed by atoms with van der Waals surface area (Å²) < 4.78 is 67.3. The molecule has 34 heavy (non-hydrogen) atoms. The number of unbranched alkanes of at least 4 members (excludes halogenated alkanes) is 1. The van der Waals surface area contributed by atoms with E-state index < -0.39 is 22.6 Å². The fourth-order valence-corrected chi connectivity index (χ4v) is 6.60. The number of nitrogens with zero attached hydrogens (tertiary/aromatic N) is 3. The molecule has 6 nitrogen and oxygen atoms in total. The predicted molar refractivity (Wildman–Crippen MR) is 127 cm³/mol. The molecular formula is C23H22F3N3O3S2. The van der Waals surface area contributed by atoms with Gasteiger partial charge in [0.15, 0.2) is 0 Å². The Kier molecular flexibility index (Phi) is 6.68. The van der Waals surface area contributed by atoms with Crippen molar-refractivity contribution in [3.8, 4) is 0 Å². The van der Waals surface area contributed by atoms with E-state index in [-0.39, 0.29) is 24.3 Å². The first-order valence-electron chi connectivity index (χ1n) is 10.5. The number of aryl methyl sites for hydroxylation is 1. The minimum absolute atomic E-state index is 0.0535. The number of hydrogen-bond acceptors (Lipinski definition) is 6. The molecular weight excluding hydrogens is 487 g/mol. The number of fused-ring (bicyclic) bond motifs is 1. The number of benzene rings is 1. The second-order valence-electron chi connectivity index (χ2n) is 7.90. The van der Waals surface area contributed by atoms with Crippen LogP contribution in [0.15, 0.2) is 65.0 Å². The van der Waals surface area contributed by atoms with Crippen molar-refractivity contribution in [1.29, 1.82) is 0 Å². The van der Waals surface area contributed by atoms with Crippen molar-refractivity contribution in [3.05, 3.63) is 66.2 Å². The van der Waals surface area contributed by atoms with Gasteiger partial charge in [-0.3, -0.25) is 9.29 Å². The van der Waals surface area contributed by atoms with Gasteiger partial charge in [0.2, 0.25) is 0 Å². The molecule has 0 spiro atoms. The van der Waals surface area contributed by atoms with Gasteiger partial charge >= 0.3 is 6.18 Å². The number of halogens is 3. The Morgan fingerprint density at radius 2 is 1.94 bits per heavy atom. The SMILES string of the molecule is C=C1CC(c2ccc(S(=O)(=O)N(CCCCC(F)(F)F)c3sc4ccccc4c3C)cn2)=NO1. The Bertz CT molecular complexity index is 1350. The number of oxime groups is 1. The third-order valence-corrected chi connectivity index (χ3v) is 8.58. The minimum Gasteiger partial charge on any atom is -0.361 e. The van der Waals surface area contributed by atoms with Crippen molar-refractivity contribution < 1.29 is 26.4 Å². The topological polar surface area (TPSA) is 71.9 Å². The zero-order valence-corrected chi connectivity index (χ0v) is 19.9. The number of anilines is 1. The summed E-state index contributed by atoms with van der Waals surface area (Å²) in [5, 5.41) is 5.27. The van der Waals surface area contributed by atoms with Crippen molar-refractivity contribution >= 4 is 42.2 Å². The molecule has 0 unspecified atom stereocenters. The van der Waals surface area contributed by atoms with Crippen LogP contribution in [0.5, 0.6) is 0 Å². The van der Waals surface area contributed by atoms with Gasteiger partial charge in [-0.25, -0.2) is 8.42 Å². The van der Waals surface area contributed by atoms with Gasteiger partial charge in [0, 0.05) is 23.9 Å². The zero-order chi connectivity index (χ0) is 24.5. The van der Waals surface area contributed by atoms with Crippen molar-refractivity contribution in [2.75, 3.05) is 10.8 Å². The molecule has 11 heteroatoms. The fourth-order valence-electron chi connectivity index (χ4n) is 3.65. The third kappa shape index (κ3) is 5.10. The summed E-state index contributed by atoms with van der Waals surface area (Å²) in [4.78, 5) is 9.16. The maximum Gasteiger partial charge on any atom is 0.389 e. The van der Waals surface area contributed by atoms with Crippen molar-refractivity contribution in [2.24, 2.45) is 5.16 Å². The minimum atomic E-state index is -4.28. The monoisotopic (exact) mass is 509 g/mol. The molecule has 2 aromatic heterocycles. The molecule has 0 atom stereocenters. The molecule has 0 fully saturated rings. The summed E-state index contributed by atoms with van der Waals surface area (Å²) >= 11 is 1.30. The Morgan fingerprint density at radius 3 is 2.56 bits per heavy atom. The Labute approximate surface area is 199 Å². The summed E-state index contributed by atoms with van der Waals surface area (Å²) in [6, 6.07) is 10.5. The van der Waals surface area contributed by atoms with Crippen LogP contribution in [0.3, 0.4) is 0 Å². The molecule has 0 aliphatic carbocycles. The molecule has 0 saturated heterocycles. The van der Waals surface area contributed by atoms with Crippen LogP contribution in [0.1, 0.15) is 36.9 Å². The first-order valence-corrected chi connectivity index (χ1v) is 12.8. The van der Waals surface area contributed by atoms with E-state index in [0.29, 0.717) is 28.6 Å².